The fourth-order valence-corrected chi connectivity index (χ4v) is 6.02. The molecule has 2 fully saturated rings. The minimum atomic E-state index is -3.32. The van der Waals surface area contributed by atoms with Crippen molar-refractivity contribution in [1.82, 2.24) is 14.5 Å². The number of hydrogen-bond acceptors (Lipinski definition) is 5. The zero-order valence-electron chi connectivity index (χ0n) is 16.9. The molecular weight excluding hydrogens is 362 g/mol. The number of methoxy groups -OCH3 is 1. The molecule has 2 aliphatic rings. The molecule has 2 saturated carbocycles. The first-order chi connectivity index (χ1) is 13.0. The molecule has 0 bridgehead atoms. The Bertz CT molecular complexity index is 691. The van der Waals surface area contributed by atoms with Crippen LogP contribution in [-0.4, -0.2) is 55.9 Å². The van der Waals surface area contributed by atoms with Gasteiger partial charge < -0.3 is 14.2 Å². The fourth-order valence-electron chi connectivity index (χ4n) is 4.16. The van der Waals surface area contributed by atoms with Gasteiger partial charge in [-0.25, -0.2) is 13.4 Å². The topological polar surface area (TPSA) is 64.4 Å². The zero-order valence-corrected chi connectivity index (χ0v) is 17.7. The van der Waals surface area contributed by atoms with Crippen LogP contribution in [0.3, 0.4) is 0 Å². The Morgan fingerprint density at radius 1 is 1.22 bits per heavy atom. The van der Waals surface area contributed by atoms with E-state index >= 15 is 0 Å². The molecule has 7 heteroatoms. The van der Waals surface area contributed by atoms with Crippen molar-refractivity contribution in [3.63, 3.8) is 0 Å². The summed E-state index contributed by atoms with van der Waals surface area (Å²) in [5.74, 6) is 1.47. The van der Waals surface area contributed by atoms with Gasteiger partial charge in [-0.3, -0.25) is 0 Å². The summed E-state index contributed by atoms with van der Waals surface area (Å²) in [4.78, 5) is 6.59. The van der Waals surface area contributed by atoms with E-state index in [1.54, 1.807) is 13.3 Å². The van der Waals surface area contributed by atoms with Crippen molar-refractivity contribution in [3.05, 3.63) is 11.9 Å². The number of nitrogens with zero attached hydrogens (tertiary/aromatic N) is 3. The van der Waals surface area contributed by atoms with Crippen molar-refractivity contribution in [1.29, 1.82) is 0 Å². The van der Waals surface area contributed by atoms with Crippen LogP contribution in [0.15, 0.2) is 11.4 Å². The third-order valence-electron chi connectivity index (χ3n) is 5.91. The van der Waals surface area contributed by atoms with Crippen LogP contribution in [0.1, 0.15) is 57.1 Å². The first kappa shape index (κ1) is 20.8. The summed E-state index contributed by atoms with van der Waals surface area (Å²) in [5.41, 5.74) is 0.963. The standard InChI is InChI=1S/C20H35N3O3S/c1-22(11-5-8-17-6-3-4-7-17)15-19-14-21-20(23(19)12-13-26-2)27(24,25)16-18-9-10-18/h14,17-18H,3-13,15-16H2,1-2H3. The molecule has 0 spiro atoms. The Hall–Kier alpha value is -0.920. The first-order valence-electron chi connectivity index (χ1n) is 10.4. The van der Waals surface area contributed by atoms with Crippen molar-refractivity contribution in [2.75, 3.05) is 33.1 Å². The predicted octanol–water partition coefficient (Wildman–Crippen LogP) is 3.12. The number of ether oxygens (including phenoxy) is 1. The van der Waals surface area contributed by atoms with Gasteiger partial charge in [0.2, 0.25) is 15.0 Å². The van der Waals surface area contributed by atoms with Crippen LogP contribution in [0.2, 0.25) is 0 Å². The van der Waals surface area contributed by atoms with Crippen LogP contribution in [0.5, 0.6) is 0 Å². The molecule has 1 heterocycles. The maximum atomic E-state index is 12.7. The molecule has 6 nitrogen and oxygen atoms in total. The molecule has 0 unspecified atom stereocenters. The number of hydrogen-bond donors (Lipinski definition) is 0. The van der Waals surface area contributed by atoms with Crippen molar-refractivity contribution < 1.29 is 13.2 Å². The van der Waals surface area contributed by atoms with Crippen LogP contribution in [0.25, 0.3) is 0 Å². The minimum absolute atomic E-state index is 0.223. The Balaban J connectivity index is 1.60. The van der Waals surface area contributed by atoms with Gasteiger partial charge in [0.05, 0.1) is 24.3 Å². The summed E-state index contributed by atoms with van der Waals surface area (Å²) in [6, 6.07) is 0. The second-order valence-electron chi connectivity index (χ2n) is 8.43. The van der Waals surface area contributed by atoms with E-state index < -0.39 is 9.84 Å². The molecule has 27 heavy (non-hydrogen) atoms. The summed E-state index contributed by atoms with van der Waals surface area (Å²) in [5, 5.41) is 0.223. The average Bonchev–Trinajstić information content (AvgIpc) is 3.10. The molecule has 0 saturated heterocycles. The second-order valence-corrected chi connectivity index (χ2v) is 10.4. The van der Waals surface area contributed by atoms with Gasteiger partial charge in [0.1, 0.15) is 0 Å². The molecule has 2 aliphatic carbocycles. The highest BCUT2D eigenvalue weighted by Crippen LogP contribution is 2.32. The highest BCUT2D eigenvalue weighted by molar-refractivity contribution is 7.91. The van der Waals surface area contributed by atoms with Crippen molar-refractivity contribution in [2.24, 2.45) is 11.8 Å². The lowest BCUT2D eigenvalue weighted by Crippen LogP contribution is -2.24. The lowest BCUT2D eigenvalue weighted by atomic mass is 10.0. The van der Waals surface area contributed by atoms with Gasteiger partial charge in [0.25, 0.3) is 0 Å². The predicted molar refractivity (Wildman–Crippen MR) is 106 cm³/mol. The van der Waals surface area contributed by atoms with E-state index in [1.165, 1.54) is 38.5 Å². The number of sulfone groups is 1. The third kappa shape index (κ3) is 6.03. The minimum Gasteiger partial charge on any atom is -0.383 e. The summed E-state index contributed by atoms with van der Waals surface area (Å²) >= 11 is 0. The highest BCUT2D eigenvalue weighted by atomic mass is 32.2. The highest BCUT2D eigenvalue weighted by Gasteiger charge is 2.32. The maximum absolute atomic E-state index is 12.7. The molecule has 0 amide bonds. The molecule has 0 atom stereocenters. The SMILES string of the molecule is COCCn1c(CN(C)CCCC2CCCC2)cnc1S(=O)(=O)CC1CC1. The Kier molecular flexibility index (Phi) is 7.34. The molecular formula is C20H35N3O3S. The molecule has 3 rings (SSSR count). The zero-order chi connectivity index (χ0) is 19.3. The largest absolute Gasteiger partial charge is 0.383 e. The molecule has 0 radical (unpaired) electrons. The summed E-state index contributed by atoms with van der Waals surface area (Å²) in [7, 11) is 0.431. The smallest absolute Gasteiger partial charge is 0.227 e. The van der Waals surface area contributed by atoms with E-state index in [4.69, 9.17) is 4.74 Å². The normalized spacial score (nSPS) is 18.6. The van der Waals surface area contributed by atoms with Crippen molar-refractivity contribution in [3.8, 4) is 0 Å². The fraction of sp³-hybridized carbons (Fsp3) is 0.850. The Labute approximate surface area is 164 Å². The monoisotopic (exact) mass is 397 g/mol. The van der Waals surface area contributed by atoms with Crippen molar-refractivity contribution in [2.45, 2.75) is 69.6 Å². The van der Waals surface area contributed by atoms with Gasteiger partial charge in [-0.1, -0.05) is 25.7 Å². The van der Waals surface area contributed by atoms with E-state index in [0.717, 1.165) is 37.5 Å². The maximum Gasteiger partial charge on any atom is 0.227 e. The van der Waals surface area contributed by atoms with Crippen LogP contribution in [0, 0.1) is 11.8 Å². The molecule has 154 valence electrons. The van der Waals surface area contributed by atoms with Gasteiger partial charge >= 0.3 is 0 Å². The quantitative estimate of drug-likeness (QED) is 0.542. The molecule has 0 aliphatic heterocycles. The number of aromatic nitrogens is 2. The lowest BCUT2D eigenvalue weighted by Gasteiger charge is -2.19. The van der Waals surface area contributed by atoms with Crippen LogP contribution >= 0.6 is 0 Å². The molecule has 0 N–H and O–H groups in total. The molecule has 1 aromatic heterocycles. The van der Waals surface area contributed by atoms with Gasteiger partial charge in [-0.15, -0.1) is 0 Å². The summed E-state index contributed by atoms with van der Waals surface area (Å²) in [6.45, 7) is 2.78. The van der Waals surface area contributed by atoms with Crippen LogP contribution < -0.4 is 0 Å². The van der Waals surface area contributed by atoms with E-state index in [0.29, 0.717) is 19.1 Å². The van der Waals surface area contributed by atoms with Gasteiger partial charge in [0, 0.05) is 20.2 Å². The average molecular weight is 398 g/mol. The van der Waals surface area contributed by atoms with E-state index in [-0.39, 0.29) is 10.9 Å². The van der Waals surface area contributed by atoms with Gasteiger partial charge in [0.15, 0.2) is 0 Å². The summed E-state index contributed by atoms with van der Waals surface area (Å²) < 4.78 is 32.6. The Morgan fingerprint density at radius 3 is 2.63 bits per heavy atom. The van der Waals surface area contributed by atoms with Crippen LogP contribution in [0.4, 0.5) is 0 Å². The molecule has 0 aromatic carbocycles. The number of rotatable bonds is 12. The van der Waals surface area contributed by atoms with Gasteiger partial charge in [-0.2, -0.15) is 0 Å². The number of imidazole rings is 1. The Morgan fingerprint density at radius 2 is 1.96 bits per heavy atom. The van der Waals surface area contributed by atoms with Crippen molar-refractivity contribution >= 4 is 9.84 Å². The van der Waals surface area contributed by atoms with Crippen LogP contribution in [-0.2, 0) is 27.7 Å². The van der Waals surface area contributed by atoms with E-state index in [2.05, 4.69) is 16.9 Å². The lowest BCUT2D eigenvalue weighted by molar-refractivity contribution is 0.182. The third-order valence-corrected chi connectivity index (χ3v) is 7.70. The first-order valence-corrected chi connectivity index (χ1v) is 12.1. The molecule has 1 aromatic rings. The van der Waals surface area contributed by atoms with Gasteiger partial charge in [-0.05, 0) is 51.1 Å². The second kappa shape index (κ2) is 9.52. The van der Waals surface area contributed by atoms with E-state index in [9.17, 15) is 8.42 Å². The summed E-state index contributed by atoms with van der Waals surface area (Å²) in [6.07, 6.45) is 11.9. The van der Waals surface area contributed by atoms with E-state index in [1.807, 2.05) is 4.57 Å².